The van der Waals surface area contributed by atoms with Gasteiger partial charge in [-0.15, -0.1) is 0 Å². The van der Waals surface area contributed by atoms with Gasteiger partial charge >= 0.3 is 5.97 Å². The van der Waals surface area contributed by atoms with Gasteiger partial charge in [0.25, 0.3) is 0 Å². The maximum Gasteiger partial charge on any atom is 0.305 e. The van der Waals surface area contributed by atoms with Crippen molar-refractivity contribution < 1.29 is 14.6 Å². The summed E-state index contributed by atoms with van der Waals surface area (Å²) in [5.74, 6) is 4.10. The summed E-state index contributed by atoms with van der Waals surface area (Å²) in [7, 11) is 1.51. The summed E-state index contributed by atoms with van der Waals surface area (Å²) in [6.07, 6.45) is 17.3. The Hall–Kier alpha value is -0.650. The van der Waals surface area contributed by atoms with Gasteiger partial charge in [0.05, 0.1) is 13.2 Å². The van der Waals surface area contributed by atoms with Crippen LogP contribution >= 0.6 is 0 Å². The lowest BCUT2D eigenvalue weighted by molar-refractivity contribution is -0.196. The third kappa shape index (κ3) is 4.28. The number of nitrogens with zero attached hydrogens (tertiary/aromatic N) is 1. The molecular weight excluding hydrogens is 448 g/mol. The molecule has 5 heteroatoms. The van der Waals surface area contributed by atoms with Crippen molar-refractivity contribution in [1.82, 2.24) is 10.2 Å². The molecule has 0 aromatic carbocycles. The monoisotopic (exact) mass is 500 g/mol. The number of piperidine rings is 1. The first-order chi connectivity index (χ1) is 17.4. The van der Waals surface area contributed by atoms with Crippen LogP contribution < -0.4 is 5.32 Å². The highest BCUT2D eigenvalue weighted by Crippen LogP contribution is 2.74. The van der Waals surface area contributed by atoms with Crippen molar-refractivity contribution >= 4 is 5.97 Å². The van der Waals surface area contributed by atoms with Crippen molar-refractivity contribution in [3.8, 4) is 0 Å². The Bertz CT molecular complexity index is 799. The van der Waals surface area contributed by atoms with Gasteiger partial charge in [-0.25, -0.2) is 0 Å². The molecule has 10 atom stereocenters. The molecule has 6 fully saturated rings. The van der Waals surface area contributed by atoms with E-state index in [0.717, 1.165) is 31.2 Å². The van der Waals surface area contributed by atoms with E-state index in [1.165, 1.54) is 97.4 Å². The molecule has 204 valence electrons. The number of methoxy groups -OCH3 is 1. The van der Waals surface area contributed by atoms with E-state index in [4.69, 9.17) is 4.74 Å². The Morgan fingerprint density at radius 1 is 1.03 bits per heavy atom. The molecule has 2 N–H and O–H groups in total. The third-order valence-electron chi connectivity index (χ3n) is 12.9. The van der Waals surface area contributed by atoms with Crippen molar-refractivity contribution in [3.63, 3.8) is 0 Å². The Labute approximate surface area is 219 Å². The topological polar surface area (TPSA) is 61.8 Å². The quantitative estimate of drug-likeness (QED) is 0.481. The zero-order chi connectivity index (χ0) is 24.9. The second-order valence-corrected chi connectivity index (χ2v) is 14.2. The minimum atomic E-state index is -0.102. The normalized spacial score (nSPS) is 48.2. The molecule has 0 amide bonds. The van der Waals surface area contributed by atoms with E-state index in [0.29, 0.717) is 47.0 Å². The van der Waals surface area contributed by atoms with E-state index in [1.807, 2.05) is 0 Å². The number of likely N-dealkylation sites (tertiary alicyclic amines) is 1. The fourth-order valence-electron chi connectivity index (χ4n) is 11.2. The minimum absolute atomic E-state index is 0.0486. The van der Waals surface area contributed by atoms with E-state index < -0.39 is 0 Å². The summed E-state index contributed by atoms with van der Waals surface area (Å²) in [5.41, 5.74) is 0.905. The maximum absolute atomic E-state index is 11.7. The smallest absolute Gasteiger partial charge is 0.305 e. The predicted molar refractivity (Wildman–Crippen MR) is 142 cm³/mol. The number of fused-ring (bicyclic) bond motifs is 4. The average Bonchev–Trinajstić information content (AvgIpc) is 3.18. The Morgan fingerprint density at radius 3 is 2.64 bits per heavy atom. The molecule has 5 saturated carbocycles. The van der Waals surface area contributed by atoms with E-state index in [-0.39, 0.29) is 12.1 Å². The standard InChI is InChI=1S/C31H52N2O3/c1-30-12-10-23(32-14-17-33-15-4-3-5-16-33)18-22(30)19-27(34)29-25(30)11-13-31-20-21(6-9-28(35)36-2)24(31)7-8-26(29)31/h21-27,29,32,34H,3-20H2,1-2H3/t21-,22-,23+,24+,25?,26?,27+,29?,30-,31-/m0/s1. The van der Waals surface area contributed by atoms with Crippen molar-refractivity contribution in [1.29, 1.82) is 0 Å². The molecule has 0 bridgehead atoms. The average molecular weight is 501 g/mol. The van der Waals surface area contributed by atoms with Crippen LogP contribution in [0.2, 0.25) is 0 Å². The van der Waals surface area contributed by atoms with Crippen LogP contribution in [0.15, 0.2) is 0 Å². The van der Waals surface area contributed by atoms with Crippen molar-refractivity contribution in [2.75, 3.05) is 33.3 Å². The third-order valence-corrected chi connectivity index (χ3v) is 12.9. The van der Waals surface area contributed by atoms with Crippen molar-refractivity contribution in [2.45, 2.75) is 109 Å². The second kappa shape index (κ2) is 10.2. The predicted octanol–water partition coefficient (Wildman–Crippen LogP) is 5.01. The summed E-state index contributed by atoms with van der Waals surface area (Å²) >= 11 is 0. The highest BCUT2D eigenvalue weighted by atomic mass is 16.5. The number of esters is 1. The fraction of sp³-hybridized carbons (Fsp3) is 0.968. The first-order valence-electron chi connectivity index (χ1n) is 15.7. The van der Waals surface area contributed by atoms with Gasteiger partial charge in [-0.05, 0) is 136 Å². The lowest BCUT2D eigenvalue weighted by Crippen LogP contribution is -2.62. The summed E-state index contributed by atoms with van der Waals surface area (Å²) < 4.78 is 4.91. The SMILES string of the molecule is COC(=O)CC[C@H]1C[C@]23CCC4C(C2CC[C@H]13)[C@H](O)C[C@@H]1C[C@H](NCCN2CCCCC2)CC[C@]41C. The number of carbonyl (C=O) groups is 1. The zero-order valence-corrected chi connectivity index (χ0v) is 23.1. The number of rotatable bonds is 7. The number of hydrogen-bond acceptors (Lipinski definition) is 5. The lowest BCUT2D eigenvalue weighted by Gasteiger charge is -2.66. The number of aliphatic hydroxyl groups excluding tert-OH is 1. The van der Waals surface area contributed by atoms with Crippen molar-refractivity contribution in [2.24, 2.45) is 46.3 Å². The molecule has 5 nitrogen and oxygen atoms in total. The highest BCUT2D eigenvalue weighted by Gasteiger charge is 2.68. The molecule has 1 spiro atoms. The molecule has 6 rings (SSSR count). The largest absolute Gasteiger partial charge is 0.469 e. The molecule has 6 aliphatic rings. The molecule has 1 saturated heterocycles. The van der Waals surface area contributed by atoms with Gasteiger partial charge in [-0.3, -0.25) is 4.79 Å². The van der Waals surface area contributed by atoms with E-state index in [9.17, 15) is 9.90 Å². The van der Waals surface area contributed by atoms with Crippen molar-refractivity contribution in [3.05, 3.63) is 0 Å². The van der Waals surface area contributed by atoms with Gasteiger partial charge in [0.1, 0.15) is 0 Å². The Balaban J connectivity index is 1.06. The molecule has 1 heterocycles. The molecule has 1 aliphatic heterocycles. The highest BCUT2D eigenvalue weighted by molar-refractivity contribution is 5.69. The zero-order valence-electron chi connectivity index (χ0n) is 23.1. The number of hydrogen-bond donors (Lipinski definition) is 2. The summed E-state index contributed by atoms with van der Waals surface area (Å²) in [4.78, 5) is 14.4. The van der Waals surface area contributed by atoms with Gasteiger partial charge in [0.15, 0.2) is 0 Å². The molecular formula is C31H52N2O3. The summed E-state index contributed by atoms with van der Waals surface area (Å²) in [5, 5.41) is 15.6. The minimum Gasteiger partial charge on any atom is -0.469 e. The molecule has 0 aromatic heterocycles. The molecule has 0 aromatic rings. The van der Waals surface area contributed by atoms with Crippen LogP contribution in [-0.2, 0) is 9.53 Å². The lowest BCUT2D eigenvalue weighted by atomic mass is 9.39. The van der Waals surface area contributed by atoms with Crippen LogP contribution in [0, 0.1) is 46.3 Å². The number of aliphatic hydroxyl groups is 1. The summed E-state index contributed by atoms with van der Waals surface area (Å²) in [6, 6.07) is 0.643. The molecule has 0 radical (unpaired) electrons. The van der Waals surface area contributed by atoms with Crippen LogP contribution in [0.5, 0.6) is 0 Å². The summed E-state index contributed by atoms with van der Waals surface area (Å²) in [6.45, 7) is 7.54. The van der Waals surface area contributed by atoms with Gasteiger partial charge < -0.3 is 20.1 Å². The van der Waals surface area contributed by atoms with Crippen LogP contribution in [0.4, 0.5) is 0 Å². The molecule has 36 heavy (non-hydrogen) atoms. The van der Waals surface area contributed by atoms with Crippen LogP contribution in [0.1, 0.15) is 96.8 Å². The fourth-order valence-corrected chi connectivity index (χ4v) is 11.2. The van der Waals surface area contributed by atoms with E-state index >= 15 is 0 Å². The van der Waals surface area contributed by atoms with Gasteiger partial charge in [-0.1, -0.05) is 13.3 Å². The maximum atomic E-state index is 11.7. The first kappa shape index (κ1) is 25.6. The second-order valence-electron chi connectivity index (χ2n) is 14.2. The van der Waals surface area contributed by atoms with Gasteiger partial charge in [0.2, 0.25) is 0 Å². The molecule has 5 aliphatic carbocycles. The number of ether oxygens (including phenoxy) is 1. The van der Waals surface area contributed by atoms with Gasteiger partial charge in [0, 0.05) is 25.6 Å². The number of nitrogens with one attached hydrogen (secondary N) is 1. The van der Waals surface area contributed by atoms with E-state index in [1.54, 1.807) is 0 Å². The first-order valence-corrected chi connectivity index (χ1v) is 15.7. The van der Waals surface area contributed by atoms with Crippen LogP contribution in [0.25, 0.3) is 0 Å². The van der Waals surface area contributed by atoms with Gasteiger partial charge in [-0.2, -0.15) is 0 Å². The Kier molecular flexibility index (Phi) is 7.22. The molecule has 3 unspecified atom stereocenters. The van der Waals surface area contributed by atoms with Crippen LogP contribution in [-0.4, -0.2) is 61.4 Å². The van der Waals surface area contributed by atoms with E-state index in [2.05, 4.69) is 17.1 Å². The Morgan fingerprint density at radius 2 is 1.83 bits per heavy atom. The van der Waals surface area contributed by atoms with Crippen LogP contribution in [0.3, 0.4) is 0 Å². The number of carbonyl (C=O) groups excluding carboxylic acids is 1.